The number of carbonyl (C=O) groups is 4. The molecule has 156 valence electrons. The van der Waals surface area contributed by atoms with Crippen molar-refractivity contribution < 1.29 is 28.3 Å². The van der Waals surface area contributed by atoms with E-state index < -0.39 is 23.9 Å². The van der Waals surface area contributed by atoms with Crippen molar-refractivity contribution in [1.29, 1.82) is 0 Å². The molecule has 1 aromatic heterocycles. The first-order valence-corrected chi connectivity index (χ1v) is 9.69. The lowest BCUT2D eigenvalue weighted by molar-refractivity contribution is 0.0318. The molecule has 0 fully saturated rings. The second-order valence-corrected chi connectivity index (χ2v) is 7.31. The van der Waals surface area contributed by atoms with Crippen molar-refractivity contribution in [2.45, 2.75) is 26.5 Å². The third-order valence-corrected chi connectivity index (χ3v) is 5.09. The molecular formula is C24H19NO6. The lowest BCUT2D eigenvalue weighted by atomic mass is 10.0. The van der Waals surface area contributed by atoms with Gasteiger partial charge in [0.25, 0.3) is 11.8 Å². The highest BCUT2D eigenvalue weighted by molar-refractivity contribution is 6.21. The fourth-order valence-corrected chi connectivity index (χ4v) is 3.35. The maximum Gasteiger partial charge on any atom is 0.338 e. The average molecular weight is 417 g/mol. The van der Waals surface area contributed by atoms with Gasteiger partial charge in [0, 0.05) is 5.56 Å². The van der Waals surface area contributed by atoms with Gasteiger partial charge in [-0.2, -0.15) is 0 Å². The molecule has 2 heterocycles. The average Bonchev–Trinajstić information content (AvgIpc) is 3.36. The molecule has 0 N–H and O–H groups in total. The molecule has 7 nitrogen and oxygen atoms in total. The smallest absolute Gasteiger partial charge is 0.338 e. The number of benzene rings is 2. The summed E-state index contributed by atoms with van der Waals surface area (Å²) in [4.78, 5) is 51.4. The molecule has 0 spiro atoms. The number of carbonyl (C=O) groups excluding carboxylic acids is 4. The Morgan fingerprint density at radius 1 is 0.968 bits per heavy atom. The molecule has 0 unspecified atom stereocenters. The number of nitrogens with zero attached hydrogens (tertiary/aromatic N) is 1. The van der Waals surface area contributed by atoms with Crippen molar-refractivity contribution in [1.82, 2.24) is 4.90 Å². The predicted octanol–water partition coefficient (Wildman–Crippen LogP) is 3.81. The Hall–Kier alpha value is -4.00. The number of hydrogen-bond donors (Lipinski definition) is 0. The fourth-order valence-electron chi connectivity index (χ4n) is 3.35. The summed E-state index contributed by atoms with van der Waals surface area (Å²) in [6.07, 6.45) is 0.456. The normalized spacial score (nSPS) is 13.8. The van der Waals surface area contributed by atoms with Crippen LogP contribution >= 0.6 is 0 Å². The second kappa shape index (κ2) is 8.02. The number of ether oxygens (including phenoxy) is 1. The van der Waals surface area contributed by atoms with Crippen LogP contribution in [0.1, 0.15) is 59.7 Å². The monoisotopic (exact) mass is 417 g/mol. The van der Waals surface area contributed by atoms with E-state index in [1.54, 1.807) is 36.4 Å². The van der Waals surface area contributed by atoms with E-state index in [4.69, 9.17) is 9.15 Å². The molecule has 4 rings (SSSR count). The van der Waals surface area contributed by atoms with Gasteiger partial charge in [0.1, 0.15) is 5.76 Å². The van der Waals surface area contributed by atoms with Crippen LogP contribution in [-0.4, -0.2) is 34.6 Å². The van der Waals surface area contributed by atoms with Crippen molar-refractivity contribution in [3.8, 4) is 0 Å². The maximum atomic E-state index is 12.7. The van der Waals surface area contributed by atoms with Gasteiger partial charge < -0.3 is 9.15 Å². The first-order chi connectivity index (χ1) is 14.8. The largest absolute Gasteiger partial charge is 0.467 e. The SMILES string of the molecule is Cc1ccc(C(=O)[C@H](C)OC(=O)c2ccc3c(c2)C(=O)N(Cc2ccco2)C3=O)cc1. The van der Waals surface area contributed by atoms with Crippen LogP contribution in [0.4, 0.5) is 0 Å². The van der Waals surface area contributed by atoms with Crippen molar-refractivity contribution in [3.63, 3.8) is 0 Å². The predicted molar refractivity (Wildman–Crippen MR) is 110 cm³/mol. The summed E-state index contributed by atoms with van der Waals surface area (Å²) < 4.78 is 10.5. The zero-order valence-electron chi connectivity index (χ0n) is 17.0. The number of fused-ring (bicyclic) bond motifs is 1. The molecule has 0 saturated carbocycles. The summed E-state index contributed by atoms with van der Waals surface area (Å²) in [5.74, 6) is -1.59. The van der Waals surface area contributed by atoms with E-state index in [1.165, 1.54) is 31.4 Å². The van der Waals surface area contributed by atoms with E-state index >= 15 is 0 Å². The molecule has 31 heavy (non-hydrogen) atoms. The van der Waals surface area contributed by atoms with Crippen molar-refractivity contribution >= 4 is 23.6 Å². The number of hydrogen-bond acceptors (Lipinski definition) is 6. The molecule has 0 bridgehead atoms. The van der Waals surface area contributed by atoms with E-state index in [9.17, 15) is 19.2 Å². The zero-order chi connectivity index (χ0) is 22.1. The Morgan fingerprint density at radius 2 is 1.65 bits per heavy atom. The number of esters is 1. The number of aryl methyl sites for hydroxylation is 1. The number of rotatable bonds is 6. The lowest BCUT2D eigenvalue weighted by Crippen LogP contribution is -2.28. The van der Waals surface area contributed by atoms with Gasteiger partial charge in [-0.25, -0.2) is 4.79 Å². The highest BCUT2D eigenvalue weighted by atomic mass is 16.5. The van der Waals surface area contributed by atoms with Gasteiger partial charge in [-0.15, -0.1) is 0 Å². The zero-order valence-corrected chi connectivity index (χ0v) is 17.0. The Labute approximate surface area is 178 Å². The number of ketones is 1. The summed E-state index contributed by atoms with van der Waals surface area (Å²) in [7, 11) is 0. The summed E-state index contributed by atoms with van der Waals surface area (Å²) in [6, 6.07) is 14.4. The summed E-state index contributed by atoms with van der Waals surface area (Å²) in [5, 5.41) is 0. The molecule has 7 heteroatoms. The highest BCUT2D eigenvalue weighted by Crippen LogP contribution is 2.26. The quantitative estimate of drug-likeness (QED) is 0.344. The summed E-state index contributed by atoms with van der Waals surface area (Å²) in [6.45, 7) is 3.40. The van der Waals surface area contributed by atoms with Gasteiger partial charge >= 0.3 is 5.97 Å². The van der Waals surface area contributed by atoms with E-state index in [-0.39, 0.29) is 29.0 Å². The van der Waals surface area contributed by atoms with Gasteiger partial charge in [0.05, 0.1) is 29.5 Å². The van der Waals surface area contributed by atoms with Crippen molar-refractivity contribution in [3.05, 3.63) is 94.4 Å². The molecule has 2 aromatic carbocycles. The minimum Gasteiger partial charge on any atom is -0.467 e. The molecule has 2 amide bonds. The fraction of sp³-hybridized carbons (Fsp3) is 0.167. The Bertz CT molecular complexity index is 1180. The first kappa shape index (κ1) is 20.3. The van der Waals surface area contributed by atoms with Crippen molar-refractivity contribution in [2.75, 3.05) is 0 Å². The maximum absolute atomic E-state index is 12.7. The van der Waals surface area contributed by atoms with Crippen LogP contribution in [0.5, 0.6) is 0 Å². The van der Waals surface area contributed by atoms with Gasteiger partial charge in [-0.3, -0.25) is 19.3 Å². The lowest BCUT2D eigenvalue weighted by Gasteiger charge is -2.13. The molecule has 1 atom stereocenters. The molecule has 0 radical (unpaired) electrons. The molecular weight excluding hydrogens is 398 g/mol. The number of imide groups is 1. The van der Waals surface area contributed by atoms with E-state index in [0.717, 1.165) is 10.5 Å². The van der Waals surface area contributed by atoms with E-state index in [2.05, 4.69) is 0 Å². The molecule has 1 aliphatic heterocycles. The number of furan rings is 1. The van der Waals surface area contributed by atoms with E-state index in [0.29, 0.717) is 11.3 Å². The number of Topliss-reactive ketones (excluding diaryl/α,β-unsaturated/α-hetero) is 1. The van der Waals surface area contributed by atoms with Crippen LogP contribution in [0.2, 0.25) is 0 Å². The van der Waals surface area contributed by atoms with Crippen molar-refractivity contribution in [2.24, 2.45) is 0 Å². The summed E-state index contributed by atoms with van der Waals surface area (Å²) in [5.41, 5.74) is 1.86. The van der Waals surface area contributed by atoms with Gasteiger partial charge in [0.15, 0.2) is 6.10 Å². The Kier molecular flexibility index (Phi) is 5.25. The molecule has 3 aromatic rings. The van der Waals surface area contributed by atoms with Crippen LogP contribution in [0.25, 0.3) is 0 Å². The number of amides is 2. The van der Waals surface area contributed by atoms with Crippen LogP contribution in [0, 0.1) is 6.92 Å². The Balaban J connectivity index is 1.49. The first-order valence-electron chi connectivity index (χ1n) is 9.69. The van der Waals surface area contributed by atoms with Crippen LogP contribution in [-0.2, 0) is 11.3 Å². The topological polar surface area (TPSA) is 93.9 Å². The Morgan fingerprint density at radius 3 is 2.32 bits per heavy atom. The van der Waals surface area contributed by atoms with Gasteiger partial charge in [0.2, 0.25) is 5.78 Å². The van der Waals surface area contributed by atoms with Gasteiger partial charge in [-0.05, 0) is 44.2 Å². The molecule has 0 saturated heterocycles. The third kappa shape index (κ3) is 3.90. The second-order valence-electron chi connectivity index (χ2n) is 7.31. The molecule has 1 aliphatic rings. The van der Waals surface area contributed by atoms with Crippen LogP contribution in [0.15, 0.2) is 65.3 Å². The summed E-state index contributed by atoms with van der Waals surface area (Å²) >= 11 is 0. The minimum absolute atomic E-state index is 0.00120. The highest BCUT2D eigenvalue weighted by Gasteiger charge is 2.36. The minimum atomic E-state index is -1.00. The third-order valence-electron chi connectivity index (χ3n) is 5.09. The van der Waals surface area contributed by atoms with Crippen LogP contribution in [0.3, 0.4) is 0 Å². The molecule has 0 aliphatic carbocycles. The van der Waals surface area contributed by atoms with E-state index in [1.807, 2.05) is 6.92 Å². The van der Waals surface area contributed by atoms with Gasteiger partial charge in [-0.1, -0.05) is 29.8 Å². The van der Waals surface area contributed by atoms with Crippen LogP contribution < -0.4 is 0 Å². The standard InChI is InChI=1S/C24H19NO6/c1-14-5-7-16(8-6-14)21(26)15(2)31-24(29)17-9-10-19-20(12-17)23(28)25(22(19)27)13-18-4-3-11-30-18/h3-12,15H,13H2,1-2H3/t15-/m0/s1.